The Kier molecular flexibility index (Phi) is 5.35. The summed E-state index contributed by atoms with van der Waals surface area (Å²) in [5.74, 6) is 0.615. The van der Waals surface area contributed by atoms with E-state index in [0.717, 1.165) is 13.0 Å². The number of carbonyl (C=O) groups excluding carboxylic acids is 1. The van der Waals surface area contributed by atoms with Gasteiger partial charge < -0.3 is 16.4 Å². The predicted molar refractivity (Wildman–Crippen MR) is 77.3 cm³/mol. The number of rotatable bonds is 7. The zero-order valence-corrected chi connectivity index (χ0v) is 12.2. The van der Waals surface area contributed by atoms with Crippen LogP contribution in [0.2, 0.25) is 5.02 Å². The van der Waals surface area contributed by atoms with Crippen LogP contribution in [0.15, 0.2) is 6.20 Å². The molecule has 0 atom stereocenters. The molecule has 0 saturated carbocycles. The van der Waals surface area contributed by atoms with Crippen LogP contribution in [-0.2, 0) is 4.79 Å². The highest BCUT2D eigenvalue weighted by atomic mass is 35.5. The summed E-state index contributed by atoms with van der Waals surface area (Å²) < 4.78 is 0. The fourth-order valence-electron chi connectivity index (χ4n) is 1.20. The fraction of sp³-hybridized carbons (Fsp3) is 0.583. The third-order valence-corrected chi connectivity index (χ3v) is 2.92. The molecule has 1 aromatic rings. The van der Waals surface area contributed by atoms with Crippen molar-refractivity contribution in [1.29, 1.82) is 0 Å². The molecule has 0 radical (unpaired) electrons. The molecule has 1 heterocycles. The van der Waals surface area contributed by atoms with E-state index in [1.54, 1.807) is 13.8 Å². The minimum Gasteiger partial charge on any atom is -0.369 e. The van der Waals surface area contributed by atoms with Gasteiger partial charge in [0.2, 0.25) is 11.9 Å². The van der Waals surface area contributed by atoms with Crippen molar-refractivity contribution in [1.82, 2.24) is 9.97 Å². The standard InChI is InChI=1S/C12H20ClN5O/c1-4-5-15-11-16-6-8(13)9(18-11)17-7-12(2,3)10(14)19/h6H,4-5,7H2,1-3H3,(H2,14,19)(H2,15,16,17,18). The van der Waals surface area contributed by atoms with Gasteiger partial charge in [0.1, 0.15) is 5.02 Å². The molecule has 0 aliphatic carbocycles. The van der Waals surface area contributed by atoms with Crippen LogP contribution in [0.1, 0.15) is 27.2 Å². The number of halogens is 1. The molecule has 0 fully saturated rings. The highest BCUT2D eigenvalue weighted by Crippen LogP contribution is 2.22. The van der Waals surface area contributed by atoms with E-state index < -0.39 is 5.41 Å². The van der Waals surface area contributed by atoms with E-state index in [0.29, 0.717) is 23.3 Å². The number of amides is 1. The van der Waals surface area contributed by atoms with Gasteiger partial charge in [0.25, 0.3) is 0 Å². The molecule has 4 N–H and O–H groups in total. The predicted octanol–water partition coefficient (Wildman–Crippen LogP) is 1.88. The number of nitrogens with one attached hydrogen (secondary N) is 2. The smallest absolute Gasteiger partial charge is 0.224 e. The maximum atomic E-state index is 11.2. The van der Waals surface area contributed by atoms with E-state index >= 15 is 0 Å². The molecule has 6 nitrogen and oxygen atoms in total. The van der Waals surface area contributed by atoms with Crippen LogP contribution in [0.5, 0.6) is 0 Å². The lowest BCUT2D eigenvalue weighted by Crippen LogP contribution is -2.37. The molecule has 106 valence electrons. The number of nitrogens with zero attached hydrogens (tertiary/aromatic N) is 2. The lowest BCUT2D eigenvalue weighted by Gasteiger charge is -2.21. The summed E-state index contributed by atoms with van der Waals surface area (Å²) in [5, 5.41) is 6.50. The highest BCUT2D eigenvalue weighted by molar-refractivity contribution is 6.32. The second-order valence-corrected chi connectivity index (χ2v) is 5.33. The number of carbonyl (C=O) groups is 1. The molecular formula is C12H20ClN5O. The maximum Gasteiger partial charge on any atom is 0.224 e. The SMILES string of the molecule is CCCNc1ncc(Cl)c(NCC(C)(C)C(N)=O)n1. The molecule has 0 aromatic carbocycles. The Morgan fingerprint density at radius 2 is 2.16 bits per heavy atom. The molecule has 1 aromatic heterocycles. The molecule has 1 amide bonds. The minimum absolute atomic E-state index is 0.353. The van der Waals surface area contributed by atoms with Crippen molar-refractivity contribution in [2.75, 3.05) is 23.7 Å². The first-order chi connectivity index (χ1) is 8.86. The average Bonchev–Trinajstić information content (AvgIpc) is 2.36. The normalized spacial score (nSPS) is 11.2. The molecular weight excluding hydrogens is 266 g/mol. The fourth-order valence-corrected chi connectivity index (χ4v) is 1.36. The summed E-state index contributed by atoms with van der Waals surface area (Å²) >= 11 is 6.01. The maximum absolute atomic E-state index is 11.2. The van der Waals surface area contributed by atoms with Crippen molar-refractivity contribution >= 4 is 29.3 Å². The van der Waals surface area contributed by atoms with Gasteiger partial charge >= 0.3 is 0 Å². The molecule has 0 saturated heterocycles. The summed E-state index contributed by atoms with van der Waals surface area (Å²) in [6, 6.07) is 0. The van der Waals surface area contributed by atoms with Crippen LogP contribution in [0.3, 0.4) is 0 Å². The summed E-state index contributed by atoms with van der Waals surface area (Å²) in [4.78, 5) is 19.6. The van der Waals surface area contributed by atoms with Crippen LogP contribution >= 0.6 is 11.6 Å². The lowest BCUT2D eigenvalue weighted by molar-refractivity contribution is -0.125. The molecule has 0 unspecified atom stereocenters. The van der Waals surface area contributed by atoms with E-state index in [1.165, 1.54) is 6.20 Å². The summed E-state index contributed by atoms with van der Waals surface area (Å²) in [6.45, 7) is 6.71. The van der Waals surface area contributed by atoms with E-state index in [1.807, 2.05) is 0 Å². The Hall–Kier alpha value is -1.56. The van der Waals surface area contributed by atoms with Crippen molar-refractivity contribution in [3.8, 4) is 0 Å². The third-order valence-electron chi connectivity index (χ3n) is 2.64. The first kappa shape index (κ1) is 15.5. The average molecular weight is 286 g/mol. The highest BCUT2D eigenvalue weighted by Gasteiger charge is 2.25. The second-order valence-electron chi connectivity index (χ2n) is 4.92. The quantitative estimate of drug-likeness (QED) is 0.711. The topological polar surface area (TPSA) is 92.9 Å². The Morgan fingerprint density at radius 1 is 1.47 bits per heavy atom. The van der Waals surface area contributed by atoms with E-state index in [2.05, 4.69) is 27.5 Å². The first-order valence-electron chi connectivity index (χ1n) is 6.17. The van der Waals surface area contributed by atoms with E-state index in [4.69, 9.17) is 17.3 Å². The lowest BCUT2D eigenvalue weighted by atomic mass is 9.93. The van der Waals surface area contributed by atoms with Gasteiger partial charge in [-0.1, -0.05) is 18.5 Å². The largest absolute Gasteiger partial charge is 0.369 e. The van der Waals surface area contributed by atoms with Crippen LogP contribution in [0.4, 0.5) is 11.8 Å². The number of anilines is 2. The Balaban J connectivity index is 2.74. The van der Waals surface area contributed by atoms with Crippen LogP contribution < -0.4 is 16.4 Å². The number of hydrogen-bond donors (Lipinski definition) is 3. The van der Waals surface area contributed by atoms with Crippen molar-refractivity contribution in [3.63, 3.8) is 0 Å². The van der Waals surface area contributed by atoms with Crippen molar-refractivity contribution in [3.05, 3.63) is 11.2 Å². The van der Waals surface area contributed by atoms with Crippen molar-refractivity contribution in [2.45, 2.75) is 27.2 Å². The van der Waals surface area contributed by atoms with Gasteiger partial charge in [-0.25, -0.2) is 4.98 Å². The van der Waals surface area contributed by atoms with Gasteiger partial charge in [0.15, 0.2) is 5.82 Å². The van der Waals surface area contributed by atoms with Gasteiger partial charge in [-0.3, -0.25) is 4.79 Å². The van der Waals surface area contributed by atoms with Gasteiger partial charge in [-0.2, -0.15) is 4.98 Å². The van der Waals surface area contributed by atoms with Crippen LogP contribution in [0.25, 0.3) is 0 Å². The number of nitrogens with two attached hydrogens (primary N) is 1. The minimum atomic E-state index is -0.675. The molecule has 7 heteroatoms. The number of primary amides is 1. The van der Waals surface area contributed by atoms with Gasteiger partial charge in [-0.15, -0.1) is 0 Å². The summed E-state index contributed by atoms with van der Waals surface area (Å²) in [6.07, 6.45) is 2.50. The van der Waals surface area contributed by atoms with Crippen LogP contribution in [-0.4, -0.2) is 29.0 Å². The molecule has 1 rings (SSSR count). The first-order valence-corrected chi connectivity index (χ1v) is 6.55. The molecule has 19 heavy (non-hydrogen) atoms. The summed E-state index contributed by atoms with van der Waals surface area (Å²) in [5.41, 5.74) is 4.64. The van der Waals surface area contributed by atoms with Crippen molar-refractivity contribution < 1.29 is 4.79 Å². The zero-order valence-electron chi connectivity index (χ0n) is 11.5. The van der Waals surface area contributed by atoms with Gasteiger partial charge in [0, 0.05) is 13.1 Å². The molecule has 0 aliphatic rings. The van der Waals surface area contributed by atoms with Gasteiger partial charge in [0.05, 0.1) is 11.6 Å². The van der Waals surface area contributed by atoms with E-state index in [-0.39, 0.29) is 5.91 Å². The van der Waals surface area contributed by atoms with Crippen LogP contribution in [0, 0.1) is 5.41 Å². The molecule has 0 aliphatic heterocycles. The Bertz CT molecular complexity index is 450. The zero-order chi connectivity index (χ0) is 14.5. The molecule has 0 spiro atoms. The molecule has 0 bridgehead atoms. The third kappa shape index (κ3) is 4.55. The van der Waals surface area contributed by atoms with E-state index in [9.17, 15) is 4.79 Å². The summed E-state index contributed by atoms with van der Waals surface area (Å²) in [7, 11) is 0. The second kappa shape index (κ2) is 6.56. The number of aromatic nitrogens is 2. The number of hydrogen-bond acceptors (Lipinski definition) is 5. The Labute approximate surface area is 118 Å². The van der Waals surface area contributed by atoms with Gasteiger partial charge in [-0.05, 0) is 20.3 Å². The monoisotopic (exact) mass is 285 g/mol. The Morgan fingerprint density at radius 3 is 2.74 bits per heavy atom. The van der Waals surface area contributed by atoms with Crippen molar-refractivity contribution in [2.24, 2.45) is 11.1 Å².